The van der Waals surface area contributed by atoms with Crippen molar-refractivity contribution in [1.82, 2.24) is 4.31 Å². The summed E-state index contributed by atoms with van der Waals surface area (Å²) in [5.41, 5.74) is 1.82. The van der Waals surface area contributed by atoms with Crippen LogP contribution in [0.3, 0.4) is 0 Å². The smallest absolute Gasteiger partial charge is 0.324 e. The minimum atomic E-state index is -3.72. The second kappa shape index (κ2) is 5.21. The monoisotopic (exact) mass is 321 g/mol. The third kappa shape index (κ3) is 2.36. The van der Waals surface area contributed by atoms with E-state index < -0.39 is 22.0 Å². The first-order valence-electron chi connectivity index (χ1n) is 7.25. The Morgan fingerprint density at radius 3 is 2.55 bits per heavy atom. The van der Waals surface area contributed by atoms with Crippen LogP contribution < -0.4 is 0 Å². The number of hydrogen-bond donors (Lipinski definition) is 0. The Kier molecular flexibility index (Phi) is 3.61. The highest BCUT2D eigenvalue weighted by Crippen LogP contribution is 2.38. The second-order valence-corrected chi connectivity index (χ2v) is 7.96. The van der Waals surface area contributed by atoms with E-state index in [1.54, 1.807) is 24.3 Å². The molecule has 0 N–H and O–H groups in total. The van der Waals surface area contributed by atoms with Crippen molar-refractivity contribution in [3.05, 3.63) is 42.0 Å². The van der Waals surface area contributed by atoms with Crippen molar-refractivity contribution in [3.63, 3.8) is 0 Å². The largest absolute Gasteiger partial charge is 0.460 e. The van der Waals surface area contributed by atoms with Gasteiger partial charge in [0.1, 0.15) is 12.1 Å². The molecule has 0 saturated carbocycles. The number of carbonyl (C=O) groups is 1. The van der Waals surface area contributed by atoms with Gasteiger partial charge in [-0.1, -0.05) is 29.8 Å². The van der Waals surface area contributed by atoms with Crippen LogP contribution in [-0.2, 0) is 19.6 Å². The molecular formula is C16H19NO4S. The number of sulfonamides is 1. The fraction of sp³-hybridized carbons (Fsp3) is 0.438. The number of ether oxygens (including phenoxy) is 1. The molecule has 2 bridgehead atoms. The number of piperidine rings is 1. The van der Waals surface area contributed by atoms with Gasteiger partial charge in [-0.25, -0.2) is 8.42 Å². The summed E-state index contributed by atoms with van der Waals surface area (Å²) in [7, 11) is -3.72. The van der Waals surface area contributed by atoms with Crippen LogP contribution in [0.1, 0.15) is 18.9 Å². The molecule has 3 atom stereocenters. The fourth-order valence-electron chi connectivity index (χ4n) is 3.10. The van der Waals surface area contributed by atoms with Crippen LogP contribution in [0.25, 0.3) is 0 Å². The van der Waals surface area contributed by atoms with E-state index in [0.717, 1.165) is 11.1 Å². The Morgan fingerprint density at radius 1 is 1.32 bits per heavy atom. The van der Waals surface area contributed by atoms with Gasteiger partial charge < -0.3 is 4.74 Å². The molecule has 1 aromatic rings. The molecule has 2 heterocycles. The summed E-state index contributed by atoms with van der Waals surface area (Å²) in [5.74, 6) is -0.604. The first-order chi connectivity index (χ1) is 10.3. The molecule has 3 rings (SSSR count). The Bertz CT molecular complexity index is 723. The maximum atomic E-state index is 12.9. The highest BCUT2D eigenvalue weighted by Gasteiger charge is 2.51. The summed E-state index contributed by atoms with van der Waals surface area (Å²) in [4.78, 5) is 12.2. The molecule has 118 valence electrons. The predicted molar refractivity (Wildman–Crippen MR) is 81.7 cm³/mol. The average Bonchev–Trinajstić information content (AvgIpc) is 2.75. The van der Waals surface area contributed by atoms with E-state index in [2.05, 4.69) is 6.58 Å². The van der Waals surface area contributed by atoms with E-state index in [1.807, 2.05) is 13.8 Å². The lowest BCUT2D eigenvalue weighted by atomic mass is 9.89. The lowest BCUT2D eigenvalue weighted by molar-refractivity contribution is -0.143. The quantitative estimate of drug-likeness (QED) is 0.630. The van der Waals surface area contributed by atoms with Gasteiger partial charge >= 0.3 is 5.97 Å². The molecule has 2 aliphatic rings. The number of nitrogens with zero attached hydrogens (tertiary/aromatic N) is 1. The Balaban J connectivity index is 2.00. The van der Waals surface area contributed by atoms with Crippen LogP contribution in [0, 0.1) is 12.8 Å². The zero-order chi connectivity index (χ0) is 16.1. The summed E-state index contributed by atoms with van der Waals surface area (Å²) in [6, 6.07) is 5.94. The molecule has 2 saturated heterocycles. The van der Waals surface area contributed by atoms with E-state index in [9.17, 15) is 13.2 Å². The van der Waals surface area contributed by atoms with Crippen molar-refractivity contribution in [2.24, 2.45) is 5.92 Å². The lowest BCUT2D eigenvalue weighted by Gasteiger charge is -2.34. The second-order valence-electron chi connectivity index (χ2n) is 6.07. The first kappa shape index (κ1) is 15.2. The van der Waals surface area contributed by atoms with Gasteiger partial charge in [-0.3, -0.25) is 4.79 Å². The highest BCUT2D eigenvalue weighted by atomic mass is 32.2. The Morgan fingerprint density at radius 2 is 1.95 bits per heavy atom. The van der Waals surface area contributed by atoms with Gasteiger partial charge in [0.05, 0.1) is 4.90 Å². The van der Waals surface area contributed by atoms with Crippen LogP contribution >= 0.6 is 0 Å². The lowest BCUT2D eigenvalue weighted by Crippen LogP contribution is -2.49. The average molecular weight is 321 g/mol. The van der Waals surface area contributed by atoms with Gasteiger partial charge in [0.25, 0.3) is 0 Å². The topological polar surface area (TPSA) is 63.7 Å². The molecular weight excluding hydrogens is 302 g/mol. The molecule has 6 heteroatoms. The summed E-state index contributed by atoms with van der Waals surface area (Å²) in [6.45, 7) is 7.89. The molecule has 22 heavy (non-hydrogen) atoms. The third-order valence-electron chi connectivity index (χ3n) is 4.43. The summed E-state index contributed by atoms with van der Waals surface area (Å²) in [5, 5.41) is 0. The predicted octanol–water partition coefficient (Wildman–Crippen LogP) is 1.88. The van der Waals surface area contributed by atoms with Crippen LogP contribution in [0.15, 0.2) is 41.3 Å². The Labute approximate surface area is 130 Å². The van der Waals surface area contributed by atoms with Crippen LogP contribution in [0.4, 0.5) is 0 Å². The molecule has 5 nitrogen and oxygen atoms in total. The normalized spacial score (nSPS) is 28.5. The molecule has 0 unspecified atom stereocenters. The standard InChI is InChI=1S/C16H19NO4S/c1-10(2)13-9-17(14-8-15(13)21-16(14)18)22(19,20)12-6-4-11(3)5-7-12/h4-7,13-15H,1,8-9H2,2-3H3/t13-,14-,15-/m1/s1. The molecule has 0 spiro atoms. The van der Waals surface area contributed by atoms with Gasteiger partial charge in [0.2, 0.25) is 10.0 Å². The van der Waals surface area contributed by atoms with Crippen LogP contribution in [0.2, 0.25) is 0 Å². The van der Waals surface area contributed by atoms with Gasteiger partial charge in [-0.15, -0.1) is 0 Å². The van der Waals surface area contributed by atoms with Crippen molar-refractivity contribution < 1.29 is 17.9 Å². The Hall–Kier alpha value is -1.66. The summed E-state index contributed by atoms with van der Waals surface area (Å²) in [6.07, 6.45) is 0.154. The molecule has 2 aliphatic heterocycles. The fourth-order valence-corrected chi connectivity index (χ4v) is 4.71. The van der Waals surface area contributed by atoms with Crippen LogP contribution in [-0.4, -0.2) is 37.4 Å². The number of aryl methyl sites for hydroxylation is 1. The maximum Gasteiger partial charge on any atom is 0.324 e. The third-order valence-corrected chi connectivity index (χ3v) is 6.32. The molecule has 2 fully saturated rings. The summed E-state index contributed by atoms with van der Waals surface area (Å²) >= 11 is 0. The highest BCUT2D eigenvalue weighted by molar-refractivity contribution is 7.89. The molecule has 0 amide bonds. The van der Waals surface area contributed by atoms with Gasteiger partial charge in [0.15, 0.2) is 0 Å². The van der Waals surface area contributed by atoms with Crippen LogP contribution in [0.5, 0.6) is 0 Å². The number of hydrogen-bond acceptors (Lipinski definition) is 4. The molecule has 0 radical (unpaired) electrons. The number of rotatable bonds is 3. The zero-order valence-corrected chi connectivity index (χ0v) is 13.5. The van der Waals surface area contributed by atoms with Gasteiger partial charge in [-0.2, -0.15) is 4.31 Å². The maximum absolute atomic E-state index is 12.9. The van der Waals surface area contributed by atoms with E-state index in [1.165, 1.54) is 4.31 Å². The van der Waals surface area contributed by atoms with E-state index in [-0.39, 0.29) is 23.5 Å². The SMILES string of the molecule is C=C(C)[C@H]1CN(S(=O)(=O)c2ccc(C)cc2)[C@@H]2C[C@H]1OC2=O. The van der Waals surface area contributed by atoms with Gasteiger partial charge in [0, 0.05) is 18.9 Å². The minimum absolute atomic E-state index is 0.150. The van der Waals surface area contributed by atoms with Crippen molar-refractivity contribution >= 4 is 16.0 Å². The van der Waals surface area contributed by atoms with Crippen molar-refractivity contribution in [2.75, 3.05) is 6.54 Å². The van der Waals surface area contributed by atoms with E-state index in [4.69, 9.17) is 4.74 Å². The molecule has 0 aliphatic carbocycles. The number of benzene rings is 1. The van der Waals surface area contributed by atoms with Crippen molar-refractivity contribution in [1.29, 1.82) is 0 Å². The zero-order valence-electron chi connectivity index (χ0n) is 12.7. The number of esters is 1. The minimum Gasteiger partial charge on any atom is -0.460 e. The molecule has 1 aromatic carbocycles. The number of fused-ring (bicyclic) bond motifs is 2. The first-order valence-corrected chi connectivity index (χ1v) is 8.69. The van der Waals surface area contributed by atoms with Gasteiger partial charge in [-0.05, 0) is 26.0 Å². The van der Waals surface area contributed by atoms with E-state index in [0.29, 0.717) is 6.42 Å². The van der Waals surface area contributed by atoms with Crippen molar-refractivity contribution in [2.45, 2.75) is 37.3 Å². The molecule has 0 aromatic heterocycles. The summed E-state index contributed by atoms with van der Waals surface area (Å²) < 4.78 is 32.4. The number of carbonyl (C=O) groups excluding carboxylic acids is 1. The van der Waals surface area contributed by atoms with Crippen molar-refractivity contribution in [3.8, 4) is 0 Å². The van der Waals surface area contributed by atoms with E-state index >= 15 is 0 Å².